The molecule has 0 atom stereocenters. The van der Waals surface area contributed by atoms with Gasteiger partial charge >= 0.3 is 0 Å². The molecule has 218 valence electrons. The van der Waals surface area contributed by atoms with E-state index in [1.165, 1.54) is 50.1 Å². The zero-order chi connectivity index (χ0) is 27.3. The molecule has 0 spiro atoms. The first-order valence-electron chi connectivity index (χ1n) is 13.2. The molecule has 0 aliphatic rings. The van der Waals surface area contributed by atoms with Crippen molar-refractivity contribution in [3.8, 4) is 33.4 Å². The quantitative estimate of drug-likeness (QED) is 0.155. The van der Waals surface area contributed by atoms with Gasteiger partial charge in [0.1, 0.15) is 0 Å². The van der Waals surface area contributed by atoms with Crippen LogP contribution in [0.4, 0.5) is 0 Å². The minimum atomic E-state index is 0. The number of hydrogen-bond donors (Lipinski definition) is 0. The maximum Gasteiger partial charge on any atom is 0 e. The van der Waals surface area contributed by atoms with Crippen LogP contribution in [-0.4, -0.2) is 0 Å². The molecular weight excluding hydrogens is 1030 g/mol. The van der Waals surface area contributed by atoms with Gasteiger partial charge in [0.15, 0.2) is 0 Å². The van der Waals surface area contributed by atoms with E-state index in [2.05, 4.69) is 142 Å². The van der Waals surface area contributed by atoms with Crippen LogP contribution in [-0.2, 0) is 63.2 Å². The van der Waals surface area contributed by atoms with Gasteiger partial charge in [0.05, 0.1) is 0 Å². The van der Waals surface area contributed by atoms with Crippen LogP contribution in [0.5, 0.6) is 0 Å². The van der Waals surface area contributed by atoms with Crippen LogP contribution >= 0.6 is 0 Å². The summed E-state index contributed by atoms with van der Waals surface area (Å²) < 4.78 is 0. The summed E-state index contributed by atoms with van der Waals surface area (Å²) in [6.07, 6.45) is 0. The first-order chi connectivity index (χ1) is 19.1. The second-order valence-corrected chi connectivity index (χ2v) is 9.47. The van der Waals surface area contributed by atoms with E-state index in [0.29, 0.717) is 0 Å². The fourth-order valence-corrected chi connectivity index (χ4v) is 4.13. The summed E-state index contributed by atoms with van der Waals surface area (Å²) in [6, 6.07) is 58.8. The van der Waals surface area contributed by atoms with E-state index in [0.717, 1.165) is 0 Å². The molecule has 0 unspecified atom stereocenters. The average molecular weight is 1070 g/mol. The molecule has 6 aromatic carbocycles. The summed E-state index contributed by atoms with van der Waals surface area (Å²) in [7, 11) is 0. The first kappa shape index (κ1) is 40.4. The largest absolute Gasteiger partial charge is 0.184 e. The van der Waals surface area contributed by atoms with E-state index in [1.54, 1.807) is 0 Å². The molecule has 0 aromatic heterocycles. The Balaban J connectivity index is 0.000000588. The Hall–Kier alpha value is -2.62. The summed E-state index contributed by atoms with van der Waals surface area (Å²) >= 11 is 0. The number of benzene rings is 6. The van der Waals surface area contributed by atoms with Gasteiger partial charge in [0, 0.05) is 63.2 Å². The normalized spacial score (nSPS) is 9.00. The third kappa shape index (κ3) is 13.7. The van der Waals surface area contributed by atoms with Crippen LogP contribution in [0.1, 0.15) is 24.1 Å². The molecule has 3 heteroatoms. The summed E-state index contributed by atoms with van der Waals surface area (Å²) in [5, 5.41) is 0. The molecule has 0 saturated heterocycles. The number of hydrogen-bond acceptors (Lipinski definition) is 0. The minimum absolute atomic E-state index is 0. The molecule has 0 amide bonds. The molecule has 6 aromatic rings. The van der Waals surface area contributed by atoms with Gasteiger partial charge in [-0.1, -0.05) is 102 Å². The maximum atomic E-state index is 3.08. The Labute approximate surface area is 302 Å². The summed E-state index contributed by atoms with van der Waals surface area (Å²) in [5.41, 5.74) is 11.4. The van der Waals surface area contributed by atoms with Gasteiger partial charge in [0.2, 0.25) is 0 Å². The zero-order valence-electron chi connectivity index (χ0n) is 24.1. The number of aryl methyl sites for hydroxylation is 3. The molecule has 0 fully saturated rings. The van der Waals surface area contributed by atoms with Crippen LogP contribution < -0.4 is 0 Å². The van der Waals surface area contributed by atoms with E-state index in [4.69, 9.17) is 0 Å². The molecule has 0 heterocycles. The Morgan fingerprint density at radius 1 is 0.349 bits per heavy atom. The van der Waals surface area contributed by atoms with E-state index in [1.807, 2.05) is 42.5 Å². The molecule has 0 radical (unpaired) electrons. The fraction of sp³-hybridized carbons (Fsp3) is 0.100. The molecule has 0 N–H and O–H groups in total. The van der Waals surface area contributed by atoms with E-state index in [9.17, 15) is 0 Å². The smallest absolute Gasteiger partial charge is 0 e. The van der Waals surface area contributed by atoms with Crippen molar-refractivity contribution in [2.75, 3.05) is 0 Å². The second kappa shape index (κ2) is 22.0. The van der Waals surface area contributed by atoms with Crippen molar-refractivity contribution in [3.05, 3.63) is 180 Å². The zero-order valence-corrected chi connectivity index (χ0v) is 32.9. The molecule has 0 saturated carbocycles. The van der Waals surface area contributed by atoms with Crippen molar-refractivity contribution in [1.82, 2.24) is 0 Å². The van der Waals surface area contributed by atoms with Gasteiger partial charge in [-0.2, -0.15) is 91.0 Å². The standard InChI is InChI=1S/3C13H11.CH4.3W/c2*1-11-6-5-9-13(10-11)12-7-3-2-4-8-12;1-11-7-9-13(10-8-11)12-5-3-2-4-6-12;;;;/h3-10H,1H3;2-3,5-10H,1H3;3-10H,1H3;1H4;;;/q3*-1;;;;. The summed E-state index contributed by atoms with van der Waals surface area (Å²) in [5.74, 6) is 0. The molecule has 0 aliphatic carbocycles. The predicted octanol–water partition coefficient (Wildman–Crippen LogP) is 11.0. The SMILES string of the molecule is C.Cc1ccc(-c2cc[c-]cc2)cc1.Cc1cccc(-c2c[c-]ccc2)c1.Cc1cccc(-c2cc[c-]cc2)c1.[W].[W].[W]. The van der Waals surface area contributed by atoms with Crippen molar-refractivity contribution in [1.29, 1.82) is 0 Å². The fourth-order valence-electron chi connectivity index (χ4n) is 4.13. The van der Waals surface area contributed by atoms with E-state index in [-0.39, 0.29) is 70.6 Å². The Morgan fingerprint density at radius 3 is 1.21 bits per heavy atom. The van der Waals surface area contributed by atoms with Crippen LogP contribution in [0.25, 0.3) is 33.4 Å². The molecule has 0 aliphatic heterocycles. The van der Waals surface area contributed by atoms with Crippen molar-refractivity contribution in [3.63, 3.8) is 0 Å². The summed E-state index contributed by atoms with van der Waals surface area (Å²) in [4.78, 5) is 0. The molecule has 0 bridgehead atoms. The van der Waals surface area contributed by atoms with E-state index >= 15 is 0 Å². The molecular formula is C40H37W3-3. The second-order valence-electron chi connectivity index (χ2n) is 9.47. The first-order valence-corrected chi connectivity index (χ1v) is 13.2. The Morgan fingerprint density at radius 2 is 0.767 bits per heavy atom. The van der Waals surface area contributed by atoms with Crippen molar-refractivity contribution >= 4 is 0 Å². The van der Waals surface area contributed by atoms with Crippen molar-refractivity contribution < 1.29 is 63.2 Å². The Bertz CT molecular complexity index is 1470. The van der Waals surface area contributed by atoms with Gasteiger partial charge < -0.3 is 0 Å². The third-order valence-corrected chi connectivity index (χ3v) is 6.23. The van der Waals surface area contributed by atoms with Gasteiger partial charge in [-0.25, -0.2) is 0 Å². The number of rotatable bonds is 3. The van der Waals surface area contributed by atoms with Crippen LogP contribution in [0.15, 0.2) is 146 Å². The Kier molecular flexibility index (Phi) is 20.6. The molecule has 43 heavy (non-hydrogen) atoms. The monoisotopic (exact) mass is 1070 g/mol. The van der Waals surface area contributed by atoms with Gasteiger partial charge in [-0.3, -0.25) is 0 Å². The van der Waals surface area contributed by atoms with E-state index < -0.39 is 0 Å². The van der Waals surface area contributed by atoms with Gasteiger partial charge in [-0.05, 0) is 31.9 Å². The molecule has 0 nitrogen and oxygen atoms in total. The topological polar surface area (TPSA) is 0 Å². The van der Waals surface area contributed by atoms with Crippen molar-refractivity contribution in [2.24, 2.45) is 0 Å². The van der Waals surface area contributed by atoms with Crippen LogP contribution in [0, 0.1) is 39.0 Å². The molecule has 6 rings (SSSR count). The van der Waals surface area contributed by atoms with Crippen LogP contribution in [0.2, 0.25) is 0 Å². The average Bonchev–Trinajstić information content (AvgIpc) is 3.00. The van der Waals surface area contributed by atoms with Gasteiger partial charge in [0.25, 0.3) is 0 Å². The minimum Gasteiger partial charge on any atom is -0.184 e. The van der Waals surface area contributed by atoms with Crippen molar-refractivity contribution in [2.45, 2.75) is 28.2 Å². The van der Waals surface area contributed by atoms with Gasteiger partial charge in [-0.15, -0.1) is 16.7 Å². The van der Waals surface area contributed by atoms with Crippen LogP contribution in [0.3, 0.4) is 0 Å². The predicted molar refractivity (Wildman–Crippen MR) is 173 cm³/mol. The summed E-state index contributed by atoms with van der Waals surface area (Å²) in [6.45, 7) is 6.32. The maximum absolute atomic E-state index is 3.08. The third-order valence-electron chi connectivity index (χ3n) is 6.23.